The van der Waals surface area contributed by atoms with E-state index in [0.29, 0.717) is 30.6 Å². The number of anilines is 1. The number of aliphatic hydroxyl groups excluding tert-OH is 1. The van der Waals surface area contributed by atoms with Gasteiger partial charge in [-0.3, -0.25) is 9.59 Å². The number of methoxy groups -OCH3 is 1. The molecule has 1 aromatic carbocycles. The van der Waals surface area contributed by atoms with Crippen LogP contribution in [0, 0.1) is 5.92 Å². The van der Waals surface area contributed by atoms with E-state index in [1.54, 1.807) is 18.3 Å². The highest BCUT2D eigenvalue weighted by Gasteiger charge is 2.30. The normalized spacial score (nSPS) is 12.7. The number of carbonyl (C=O) groups is 2. The predicted molar refractivity (Wildman–Crippen MR) is 166 cm³/mol. The molecule has 3 rings (SSSR count). The van der Waals surface area contributed by atoms with Crippen LogP contribution >= 0.6 is 0 Å². The average molecular weight is 578 g/mol. The Morgan fingerprint density at radius 2 is 1.74 bits per heavy atom. The number of rotatable bonds is 19. The van der Waals surface area contributed by atoms with Gasteiger partial charge in [-0.1, -0.05) is 45.6 Å². The summed E-state index contributed by atoms with van der Waals surface area (Å²) in [6.45, 7) is 4.09. The Kier molecular flexibility index (Phi) is 13.1. The van der Waals surface area contributed by atoms with E-state index in [2.05, 4.69) is 23.8 Å². The van der Waals surface area contributed by atoms with Crippen LogP contribution in [-0.2, 0) is 28.9 Å². The number of nitrogens with two attached hydrogens (primary N) is 1. The van der Waals surface area contributed by atoms with Gasteiger partial charge in [0, 0.05) is 48.5 Å². The molecule has 0 spiro atoms. The average Bonchev–Trinajstić information content (AvgIpc) is 3.44. The van der Waals surface area contributed by atoms with Crippen LogP contribution in [0.3, 0.4) is 0 Å². The summed E-state index contributed by atoms with van der Waals surface area (Å²) in [5.41, 5.74) is 10.3. The van der Waals surface area contributed by atoms with Crippen molar-refractivity contribution in [3.63, 3.8) is 0 Å². The molecule has 8 nitrogen and oxygen atoms in total. The molecular weight excluding hydrogens is 530 g/mol. The molecule has 228 valence electrons. The first-order valence-corrected chi connectivity index (χ1v) is 15.2. The number of aliphatic hydroxyl groups is 1. The monoisotopic (exact) mass is 577 g/mol. The molecular formula is C34H47N3O5. The number of ether oxygens (including phenoxy) is 1. The molecule has 0 bridgehead atoms. The van der Waals surface area contributed by atoms with Crippen molar-refractivity contribution in [1.82, 2.24) is 9.97 Å². The number of hydrogen-bond donors (Lipinski definition) is 4. The molecule has 8 heteroatoms. The zero-order valence-corrected chi connectivity index (χ0v) is 25.3. The molecule has 0 saturated heterocycles. The standard InChI is InChI=1S/C34H47N3O5/c1-4-6-7-8-9-10-28(39)21-29(40)14-11-23-17-30(34(41)31(18-23)42-3)33(24-15-16-36-32(35)20-24)25(22-38)19-27-13-12-26(5-2)37-27/h12-13,15-18,20,25,33,37-38,41H,4-11,14,19,21-22H2,1-3H3,(H2,35,36)/t25-,33-/m0/s1. The molecule has 2 atom stereocenters. The number of nitrogens with zero attached hydrogens (tertiary/aromatic N) is 1. The number of aromatic amines is 1. The summed E-state index contributed by atoms with van der Waals surface area (Å²) >= 11 is 0. The highest BCUT2D eigenvalue weighted by atomic mass is 16.5. The summed E-state index contributed by atoms with van der Waals surface area (Å²) in [5.74, 6) is -0.236. The van der Waals surface area contributed by atoms with Crippen LogP contribution in [-0.4, -0.2) is 45.5 Å². The molecule has 2 heterocycles. The Labute approximate surface area is 249 Å². The van der Waals surface area contributed by atoms with Crippen molar-refractivity contribution in [2.24, 2.45) is 5.92 Å². The van der Waals surface area contributed by atoms with Crippen molar-refractivity contribution in [3.8, 4) is 11.5 Å². The van der Waals surface area contributed by atoms with Gasteiger partial charge >= 0.3 is 0 Å². The quantitative estimate of drug-likeness (QED) is 0.100. The van der Waals surface area contributed by atoms with Gasteiger partial charge in [-0.2, -0.15) is 0 Å². The van der Waals surface area contributed by atoms with Crippen molar-refractivity contribution in [2.75, 3.05) is 19.5 Å². The zero-order chi connectivity index (χ0) is 30.5. The largest absolute Gasteiger partial charge is 0.504 e. The number of nitrogen functional groups attached to an aromatic ring is 1. The number of pyridine rings is 1. The van der Waals surface area contributed by atoms with Crippen molar-refractivity contribution < 1.29 is 24.5 Å². The van der Waals surface area contributed by atoms with Crippen LogP contribution in [0.2, 0.25) is 0 Å². The van der Waals surface area contributed by atoms with Crippen molar-refractivity contribution >= 4 is 17.4 Å². The Balaban J connectivity index is 1.85. The van der Waals surface area contributed by atoms with Crippen LogP contribution < -0.4 is 10.5 Å². The highest BCUT2D eigenvalue weighted by Crippen LogP contribution is 2.43. The second-order valence-corrected chi connectivity index (χ2v) is 11.2. The molecule has 0 saturated carbocycles. The second-order valence-electron chi connectivity index (χ2n) is 11.2. The van der Waals surface area contributed by atoms with Gasteiger partial charge in [0.15, 0.2) is 11.5 Å². The topological polar surface area (TPSA) is 139 Å². The SMILES string of the molecule is CCCCCCCC(=O)CC(=O)CCc1cc(OC)c(O)c([C@@H](c2ccnc(N)c2)[C@H](CO)Cc2ccc(CC)[nH]2)c1. The summed E-state index contributed by atoms with van der Waals surface area (Å²) in [5, 5.41) is 21.9. The van der Waals surface area contributed by atoms with Gasteiger partial charge in [-0.15, -0.1) is 0 Å². The number of H-pyrrole nitrogens is 1. The van der Waals surface area contributed by atoms with Gasteiger partial charge in [-0.25, -0.2) is 4.98 Å². The number of hydrogen-bond acceptors (Lipinski definition) is 7. The third-order valence-electron chi connectivity index (χ3n) is 7.91. The van der Waals surface area contributed by atoms with Crippen LogP contribution in [0.1, 0.15) is 99.2 Å². The molecule has 0 unspecified atom stereocenters. The van der Waals surface area contributed by atoms with E-state index in [-0.39, 0.29) is 48.4 Å². The van der Waals surface area contributed by atoms with E-state index in [1.807, 2.05) is 24.3 Å². The van der Waals surface area contributed by atoms with Gasteiger partial charge in [-0.05, 0) is 73.1 Å². The first-order chi connectivity index (χ1) is 20.3. The van der Waals surface area contributed by atoms with Crippen LogP contribution in [0.15, 0.2) is 42.6 Å². The van der Waals surface area contributed by atoms with Crippen LogP contribution in [0.5, 0.6) is 11.5 Å². The van der Waals surface area contributed by atoms with Gasteiger partial charge in [0.2, 0.25) is 0 Å². The fourth-order valence-corrected chi connectivity index (χ4v) is 5.58. The number of aromatic hydroxyl groups is 1. The lowest BCUT2D eigenvalue weighted by atomic mass is 9.78. The minimum absolute atomic E-state index is 0.00264. The number of benzene rings is 1. The number of aromatic nitrogens is 2. The molecule has 3 aromatic rings. The fourth-order valence-electron chi connectivity index (χ4n) is 5.58. The lowest BCUT2D eigenvalue weighted by Crippen LogP contribution is -2.22. The van der Waals surface area contributed by atoms with E-state index in [0.717, 1.165) is 54.6 Å². The lowest BCUT2D eigenvalue weighted by Gasteiger charge is -2.28. The van der Waals surface area contributed by atoms with Crippen LogP contribution in [0.25, 0.3) is 0 Å². The molecule has 0 aliphatic carbocycles. The Morgan fingerprint density at radius 1 is 1.00 bits per heavy atom. The number of carbonyl (C=O) groups excluding carboxylic acids is 2. The molecule has 0 fully saturated rings. The number of nitrogens with one attached hydrogen (secondary N) is 1. The molecule has 2 aromatic heterocycles. The number of Topliss-reactive ketones (excluding diaryl/α,β-unsaturated/α-hetero) is 2. The smallest absolute Gasteiger partial charge is 0.161 e. The summed E-state index contributed by atoms with van der Waals surface area (Å²) in [7, 11) is 1.49. The first-order valence-electron chi connectivity index (χ1n) is 15.2. The van der Waals surface area contributed by atoms with Gasteiger partial charge in [0.25, 0.3) is 0 Å². The van der Waals surface area contributed by atoms with E-state index in [1.165, 1.54) is 13.5 Å². The number of unbranched alkanes of at least 4 members (excludes halogenated alkanes) is 4. The second kappa shape index (κ2) is 16.7. The van der Waals surface area contributed by atoms with Crippen LogP contribution in [0.4, 0.5) is 5.82 Å². The summed E-state index contributed by atoms with van der Waals surface area (Å²) in [6.07, 6.45) is 9.35. The van der Waals surface area contributed by atoms with E-state index in [9.17, 15) is 19.8 Å². The third-order valence-corrected chi connectivity index (χ3v) is 7.91. The maximum Gasteiger partial charge on any atom is 0.161 e. The third kappa shape index (κ3) is 9.44. The van der Waals surface area contributed by atoms with E-state index in [4.69, 9.17) is 10.5 Å². The van der Waals surface area contributed by atoms with Crippen molar-refractivity contribution in [1.29, 1.82) is 0 Å². The summed E-state index contributed by atoms with van der Waals surface area (Å²) in [6, 6.07) is 11.3. The minimum atomic E-state index is -0.437. The summed E-state index contributed by atoms with van der Waals surface area (Å²) in [4.78, 5) is 32.6. The molecule has 0 amide bonds. The maximum absolute atomic E-state index is 12.7. The number of phenols is 1. The molecule has 42 heavy (non-hydrogen) atoms. The van der Waals surface area contributed by atoms with Gasteiger partial charge in [0.05, 0.1) is 13.5 Å². The van der Waals surface area contributed by atoms with E-state index >= 15 is 0 Å². The lowest BCUT2D eigenvalue weighted by molar-refractivity contribution is -0.127. The molecule has 5 N–H and O–H groups in total. The van der Waals surface area contributed by atoms with Gasteiger partial charge < -0.3 is 25.7 Å². The van der Waals surface area contributed by atoms with E-state index < -0.39 is 5.92 Å². The number of phenolic OH excluding ortho intramolecular Hbond substituents is 1. The predicted octanol–water partition coefficient (Wildman–Crippen LogP) is 6.07. The number of ketones is 2. The highest BCUT2D eigenvalue weighted by molar-refractivity contribution is 5.99. The first kappa shape index (κ1) is 32.9. The summed E-state index contributed by atoms with van der Waals surface area (Å²) < 4.78 is 5.53. The van der Waals surface area contributed by atoms with Crippen molar-refractivity contribution in [2.45, 2.75) is 90.4 Å². The van der Waals surface area contributed by atoms with Crippen molar-refractivity contribution in [3.05, 3.63) is 70.7 Å². The Hall–Kier alpha value is -3.65. The van der Waals surface area contributed by atoms with Gasteiger partial charge in [0.1, 0.15) is 17.4 Å². The fraction of sp³-hybridized carbons (Fsp3) is 0.500. The maximum atomic E-state index is 12.7. The molecule has 0 radical (unpaired) electrons. The molecule has 0 aliphatic rings. The minimum Gasteiger partial charge on any atom is -0.504 e. The Morgan fingerprint density at radius 3 is 2.40 bits per heavy atom. The number of aryl methyl sites for hydroxylation is 2. The zero-order valence-electron chi connectivity index (χ0n) is 25.3. The molecule has 0 aliphatic heterocycles. The Bertz CT molecular complexity index is 1300.